The van der Waals surface area contributed by atoms with E-state index in [2.05, 4.69) is 20.6 Å². The predicted molar refractivity (Wildman–Crippen MR) is 98.3 cm³/mol. The molecule has 2 N–H and O–H groups in total. The van der Waals surface area contributed by atoms with E-state index in [0.29, 0.717) is 28.1 Å². The summed E-state index contributed by atoms with van der Waals surface area (Å²) < 4.78 is 1.48. The van der Waals surface area contributed by atoms with E-state index < -0.39 is 0 Å². The van der Waals surface area contributed by atoms with Gasteiger partial charge in [-0.05, 0) is 38.0 Å². The molecule has 0 spiro atoms. The van der Waals surface area contributed by atoms with Crippen LogP contribution in [0.5, 0.6) is 0 Å². The maximum atomic E-state index is 12.8. The quantitative estimate of drug-likeness (QED) is 0.711. The van der Waals surface area contributed by atoms with Crippen LogP contribution in [0.15, 0.2) is 29.2 Å². The van der Waals surface area contributed by atoms with Gasteiger partial charge in [-0.3, -0.25) is 14.0 Å². The van der Waals surface area contributed by atoms with Crippen LogP contribution < -0.4 is 16.2 Å². The van der Waals surface area contributed by atoms with Gasteiger partial charge in [-0.2, -0.15) is 0 Å². The molecule has 7 heteroatoms. The van der Waals surface area contributed by atoms with Gasteiger partial charge in [0.15, 0.2) is 5.65 Å². The second kappa shape index (κ2) is 6.51. The number of nitrogens with one attached hydrogen (secondary N) is 2. The number of nitrogens with zero attached hydrogens (tertiary/aromatic N) is 3. The zero-order chi connectivity index (χ0) is 18.1. The highest BCUT2D eigenvalue weighted by molar-refractivity contribution is 6.01. The van der Waals surface area contributed by atoms with Gasteiger partial charge in [0.1, 0.15) is 11.5 Å². The van der Waals surface area contributed by atoms with Gasteiger partial charge in [-0.15, -0.1) is 0 Å². The summed E-state index contributed by atoms with van der Waals surface area (Å²) in [4.78, 5) is 34.0. The summed E-state index contributed by atoms with van der Waals surface area (Å²) in [5, 5.41) is 6.13. The number of amides is 1. The zero-order valence-corrected chi connectivity index (χ0v) is 14.8. The van der Waals surface area contributed by atoms with Crippen LogP contribution in [0.25, 0.3) is 16.7 Å². The number of carbonyl (C=O) groups excluding carboxylic acids is 1. The standard InChI is InChI=1S/C18H21N5O2/c1-5-11(3)20-15-12(17(24)19-4)8-13-16(22-15)21-14-7-6-10(2)9-23(14)18(13)25/h6-9,11H,5H2,1-4H3,(H,19,24)(H,20,22)/t11-/m0/s1. The zero-order valence-electron chi connectivity index (χ0n) is 14.8. The van der Waals surface area contributed by atoms with Crippen LogP contribution in [0.2, 0.25) is 0 Å². The molecule has 130 valence electrons. The molecule has 0 radical (unpaired) electrons. The van der Waals surface area contributed by atoms with Crippen molar-refractivity contribution in [2.24, 2.45) is 0 Å². The molecule has 0 aliphatic heterocycles. The Morgan fingerprint density at radius 3 is 2.76 bits per heavy atom. The Bertz CT molecular complexity index is 1030. The van der Waals surface area contributed by atoms with E-state index in [9.17, 15) is 9.59 Å². The third-order valence-electron chi connectivity index (χ3n) is 4.21. The minimum Gasteiger partial charge on any atom is -0.367 e. The first-order valence-electron chi connectivity index (χ1n) is 8.27. The van der Waals surface area contributed by atoms with E-state index in [0.717, 1.165) is 12.0 Å². The topological polar surface area (TPSA) is 88.4 Å². The Labute approximate surface area is 145 Å². The molecule has 1 atom stereocenters. The number of fused-ring (bicyclic) bond motifs is 2. The van der Waals surface area contributed by atoms with Gasteiger partial charge in [0.05, 0.1) is 10.9 Å². The molecule has 0 aliphatic carbocycles. The fourth-order valence-corrected chi connectivity index (χ4v) is 2.59. The van der Waals surface area contributed by atoms with E-state index >= 15 is 0 Å². The summed E-state index contributed by atoms with van der Waals surface area (Å²) in [5.74, 6) is 0.138. The molecule has 25 heavy (non-hydrogen) atoms. The summed E-state index contributed by atoms with van der Waals surface area (Å²) in [6.07, 6.45) is 2.61. The van der Waals surface area contributed by atoms with Crippen LogP contribution in [0.4, 0.5) is 5.82 Å². The Morgan fingerprint density at radius 2 is 2.08 bits per heavy atom. The van der Waals surface area contributed by atoms with E-state index in [1.165, 1.54) is 4.40 Å². The molecule has 7 nitrogen and oxygen atoms in total. The highest BCUT2D eigenvalue weighted by atomic mass is 16.1. The monoisotopic (exact) mass is 339 g/mol. The van der Waals surface area contributed by atoms with Crippen molar-refractivity contribution in [1.29, 1.82) is 0 Å². The molecular weight excluding hydrogens is 318 g/mol. The van der Waals surface area contributed by atoms with Gasteiger partial charge >= 0.3 is 0 Å². The normalized spacial score (nSPS) is 12.3. The van der Waals surface area contributed by atoms with Crippen LogP contribution in [0.1, 0.15) is 36.2 Å². The van der Waals surface area contributed by atoms with E-state index in [1.807, 2.05) is 26.8 Å². The molecular formula is C18H21N5O2. The van der Waals surface area contributed by atoms with Crippen molar-refractivity contribution in [2.45, 2.75) is 33.2 Å². The first kappa shape index (κ1) is 16.9. The molecule has 0 bridgehead atoms. The number of hydrogen-bond donors (Lipinski definition) is 2. The average Bonchev–Trinajstić information content (AvgIpc) is 2.61. The maximum Gasteiger partial charge on any atom is 0.267 e. The van der Waals surface area contributed by atoms with Gasteiger partial charge in [0.2, 0.25) is 0 Å². The van der Waals surface area contributed by atoms with Crippen molar-refractivity contribution in [1.82, 2.24) is 19.7 Å². The highest BCUT2D eigenvalue weighted by Gasteiger charge is 2.17. The van der Waals surface area contributed by atoms with Crippen molar-refractivity contribution < 1.29 is 4.79 Å². The summed E-state index contributed by atoms with van der Waals surface area (Å²) in [6.45, 7) is 5.95. The number of pyridine rings is 2. The first-order valence-corrected chi connectivity index (χ1v) is 8.27. The van der Waals surface area contributed by atoms with Crippen molar-refractivity contribution in [3.63, 3.8) is 0 Å². The molecule has 1 amide bonds. The third kappa shape index (κ3) is 3.05. The van der Waals surface area contributed by atoms with Gasteiger partial charge in [-0.25, -0.2) is 9.97 Å². The summed E-state index contributed by atoms with van der Waals surface area (Å²) in [7, 11) is 1.55. The first-order chi connectivity index (χ1) is 11.9. The smallest absolute Gasteiger partial charge is 0.267 e. The maximum absolute atomic E-state index is 12.8. The van der Waals surface area contributed by atoms with Gasteiger partial charge in [-0.1, -0.05) is 13.0 Å². The molecule has 0 fully saturated rings. The van der Waals surface area contributed by atoms with E-state index in [4.69, 9.17) is 0 Å². The lowest BCUT2D eigenvalue weighted by molar-refractivity contribution is 0.0963. The van der Waals surface area contributed by atoms with Crippen LogP contribution in [0.3, 0.4) is 0 Å². The molecule has 3 aromatic rings. The summed E-state index contributed by atoms with van der Waals surface area (Å²) in [5.41, 5.74) is 1.90. The lowest BCUT2D eigenvalue weighted by Gasteiger charge is -2.16. The minimum atomic E-state index is -0.297. The molecule has 0 unspecified atom stereocenters. The third-order valence-corrected chi connectivity index (χ3v) is 4.21. The van der Waals surface area contributed by atoms with Gasteiger partial charge in [0, 0.05) is 19.3 Å². The SMILES string of the molecule is CC[C@H](C)Nc1nc2nc3ccc(C)cn3c(=O)c2cc1C(=O)NC. The molecule has 0 aliphatic rings. The summed E-state index contributed by atoms with van der Waals surface area (Å²) in [6, 6.07) is 5.38. The lowest BCUT2D eigenvalue weighted by Crippen LogP contribution is -2.24. The molecule has 3 aromatic heterocycles. The van der Waals surface area contributed by atoms with Crippen LogP contribution in [0, 0.1) is 6.92 Å². The van der Waals surface area contributed by atoms with Crippen molar-refractivity contribution in [3.05, 3.63) is 45.9 Å². The Balaban J connectivity index is 2.32. The fraction of sp³-hybridized carbons (Fsp3) is 0.333. The minimum absolute atomic E-state index is 0.137. The number of aromatic nitrogens is 3. The predicted octanol–water partition coefficient (Wildman–Crippen LogP) is 2.12. The molecule has 0 saturated carbocycles. The van der Waals surface area contributed by atoms with Gasteiger partial charge < -0.3 is 10.6 Å². The Morgan fingerprint density at radius 1 is 1.32 bits per heavy atom. The molecule has 3 rings (SSSR count). The van der Waals surface area contributed by atoms with Gasteiger partial charge in [0.25, 0.3) is 11.5 Å². The number of hydrogen-bond acceptors (Lipinski definition) is 5. The largest absolute Gasteiger partial charge is 0.367 e. The fourth-order valence-electron chi connectivity index (χ4n) is 2.59. The second-order valence-corrected chi connectivity index (χ2v) is 6.14. The summed E-state index contributed by atoms with van der Waals surface area (Å²) >= 11 is 0. The van der Waals surface area contributed by atoms with Crippen molar-refractivity contribution in [3.8, 4) is 0 Å². The molecule has 3 heterocycles. The Hall–Kier alpha value is -2.96. The van der Waals surface area contributed by atoms with Crippen molar-refractivity contribution >= 4 is 28.4 Å². The molecule has 0 saturated heterocycles. The lowest BCUT2D eigenvalue weighted by atomic mass is 10.1. The van der Waals surface area contributed by atoms with Crippen molar-refractivity contribution in [2.75, 3.05) is 12.4 Å². The molecule has 0 aromatic carbocycles. The van der Waals surface area contributed by atoms with Crippen LogP contribution >= 0.6 is 0 Å². The number of carbonyl (C=O) groups is 1. The Kier molecular flexibility index (Phi) is 4.39. The second-order valence-electron chi connectivity index (χ2n) is 6.14. The van der Waals surface area contributed by atoms with E-state index in [-0.39, 0.29) is 17.5 Å². The highest BCUT2D eigenvalue weighted by Crippen LogP contribution is 2.19. The number of aryl methyl sites for hydroxylation is 1. The van der Waals surface area contributed by atoms with Crippen LogP contribution in [-0.2, 0) is 0 Å². The van der Waals surface area contributed by atoms with E-state index in [1.54, 1.807) is 25.4 Å². The number of rotatable bonds is 4. The number of anilines is 1. The van der Waals surface area contributed by atoms with Crippen LogP contribution in [-0.4, -0.2) is 33.4 Å². The average molecular weight is 339 g/mol.